The fourth-order valence-corrected chi connectivity index (χ4v) is 7.34. The van der Waals surface area contributed by atoms with Gasteiger partial charge in [0, 0.05) is 35.9 Å². The Morgan fingerprint density at radius 1 is 0.500 bits per heavy atom. The van der Waals surface area contributed by atoms with Crippen LogP contribution in [0.15, 0.2) is 122 Å². The van der Waals surface area contributed by atoms with Crippen LogP contribution in [-0.4, -0.2) is 19.1 Å². The molecule has 0 unspecified atom stereocenters. The van der Waals surface area contributed by atoms with Crippen molar-refractivity contribution in [2.75, 3.05) is 0 Å². The first kappa shape index (κ1) is 34.0. The lowest BCUT2D eigenvalue weighted by Crippen LogP contribution is -2.03. The standard InChI is InChI=1S/C46H40N6/c1-31-8-5-9-32(2)43(31)51-24-22-49-45(51)39-20-18-37(41(27-39)29-47)16-14-35-12-7-13-36(26-35)15-17-38-19-21-40(28-42(38)30-48)46-50-23-25-52(46)44-33(3)10-6-11-34(44)4/h5-13,18-28H,14-17H2,1-4H3. The average molecular weight is 677 g/mol. The molecule has 2 heterocycles. The van der Waals surface area contributed by atoms with Crippen molar-refractivity contribution in [2.24, 2.45) is 0 Å². The molecule has 0 radical (unpaired) electrons. The van der Waals surface area contributed by atoms with Crippen LogP contribution in [0.1, 0.15) is 55.6 Å². The second kappa shape index (κ2) is 14.8. The van der Waals surface area contributed by atoms with Gasteiger partial charge < -0.3 is 0 Å². The fraction of sp³-hybridized carbons (Fsp3) is 0.174. The van der Waals surface area contributed by atoms with E-state index in [0.717, 1.165) is 71.0 Å². The second-order valence-corrected chi connectivity index (χ2v) is 13.5. The minimum atomic E-state index is 0.675. The van der Waals surface area contributed by atoms with Gasteiger partial charge in [-0.2, -0.15) is 10.5 Å². The van der Waals surface area contributed by atoms with Crippen LogP contribution in [0.4, 0.5) is 0 Å². The van der Waals surface area contributed by atoms with Crippen LogP contribution in [-0.2, 0) is 25.7 Å². The molecule has 6 nitrogen and oxygen atoms in total. The maximum absolute atomic E-state index is 10.1. The topological polar surface area (TPSA) is 83.2 Å². The van der Waals surface area contributed by atoms with Crippen molar-refractivity contribution < 1.29 is 0 Å². The first-order valence-corrected chi connectivity index (χ1v) is 17.7. The van der Waals surface area contributed by atoms with Crippen molar-refractivity contribution in [3.8, 4) is 46.3 Å². The predicted molar refractivity (Wildman–Crippen MR) is 208 cm³/mol. The Morgan fingerprint density at radius 3 is 1.31 bits per heavy atom. The molecule has 0 saturated carbocycles. The van der Waals surface area contributed by atoms with Crippen LogP contribution in [0.2, 0.25) is 0 Å². The van der Waals surface area contributed by atoms with Crippen LogP contribution in [0.5, 0.6) is 0 Å². The molecule has 7 aromatic rings. The molecule has 6 heteroatoms. The lowest BCUT2D eigenvalue weighted by molar-refractivity contribution is 0.926. The van der Waals surface area contributed by atoms with E-state index in [9.17, 15) is 10.5 Å². The van der Waals surface area contributed by atoms with Crippen LogP contribution < -0.4 is 0 Å². The fourth-order valence-electron chi connectivity index (χ4n) is 7.34. The van der Waals surface area contributed by atoms with Crippen molar-refractivity contribution in [2.45, 2.75) is 53.4 Å². The number of aromatic nitrogens is 4. The molecule has 0 N–H and O–H groups in total. The smallest absolute Gasteiger partial charge is 0.144 e. The number of para-hydroxylation sites is 2. The number of hydrogen-bond donors (Lipinski definition) is 0. The van der Waals surface area contributed by atoms with Crippen molar-refractivity contribution in [3.05, 3.63) is 177 Å². The highest BCUT2D eigenvalue weighted by atomic mass is 15.1. The minimum absolute atomic E-state index is 0.675. The highest BCUT2D eigenvalue weighted by Crippen LogP contribution is 2.30. The number of rotatable bonds is 10. The van der Waals surface area contributed by atoms with Gasteiger partial charge >= 0.3 is 0 Å². The molecule has 0 aliphatic rings. The summed E-state index contributed by atoms with van der Waals surface area (Å²) in [4.78, 5) is 9.34. The predicted octanol–water partition coefficient (Wildman–Crippen LogP) is 9.94. The lowest BCUT2D eigenvalue weighted by atomic mass is 9.95. The highest BCUT2D eigenvalue weighted by molar-refractivity contribution is 5.65. The Hall–Kier alpha value is -6.50. The van der Waals surface area contributed by atoms with E-state index in [2.05, 4.69) is 144 Å². The maximum atomic E-state index is 10.1. The van der Waals surface area contributed by atoms with Crippen LogP contribution in [0, 0.1) is 50.4 Å². The van der Waals surface area contributed by atoms with Gasteiger partial charge in [0.05, 0.1) is 34.6 Å². The van der Waals surface area contributed by atoms with Gasteiger partial charge in [-0.15, -0.1) is 0 Å². The number of aryl methyl sites for hydroxylation is 8. The third kappa shape index (κ3) is 6.80. The monoisotopic (exact) mass is 676 g/mol. The molecule has 254 valence electrons. The summed E-state index contributed by atoms with van der Waals surface area (Å²) >= 11 is 0. The third-order valence-corrected chi connectivity index (χ3v) is 9.98. The molecule has 0 bridgehead atoms. The number of imidazole rings is 2. The second-order valence-electron chi connectivity index (χ2n) is 13.5. The van der Waals surface area contributed by atoms with Crippen molar-refractivity contribution in [3.63, 3.8) is 0 Å². The van der Waals surface area contributed by atoms with Gasteiger partial charge in [0.1, 0.15) is 11.6 Å². The maximum Gasteiger partial charge on any atom is 0.144 e. The van der Waals surface area contributed by atoms with E-state index in [-0.39, 0.29) is 0 Å². The summed E-state index contributed by atoms with van der Waals surface area (Å²) in [5.74, 6) is 1.65. The minimum Gasteiger partial charge on any atom is -0.299 e. The normalized spacial score (nSPS) is 11.0. The highest BCUT2D eigenvalue weighted by Gasteiger charge is 2.16. The molecule has 0 aliphatic heterocycles. The average Bonchev–Trinajstić information content (AvgIpc) is 3.84. The summed E-state index contributed by atoms with van der Waals surface area (Å²) in [5, 5.41) is 20.3. The Labute approximate surface area is 305 Å². The van der Waals surface area contributed by atoms with Gasteiger partial charge in [0.25, 0.3) is 0 Å². The van der Waals surface area contributed by atoms with E-state index in [1.165, 1.54) is 33.4 Å². The van der Waals surface area contributed by atoms with Crippen molar-refractivity contribution in [1.29, 1.82) is 10.5 Å². The third-order valence-electron chi connectivity index (χ3n) is 9.98. The molecule has 0 aliphatic carbocycles. The zero-order valence-corrected chi connectivity index (χ0v) is 30.1. The lowest BCUT2D eigenvalue weighted by Gasteiger charge is -2.15. The van der Waals surface area contributed by atoms with E-state index in [1.54, 1.807) is 0 Å². The van der Waals surface area contributed by atoms with Gasteiger partial charge in [-0.3, -0.25) is 9.13 Å². The molecule has 52 heavy (non-hydrogen) atoms. The van der Waals surface area contributed by atoms with E-state index < -0.39 is 0 Å². The number of nitrogens with zero attached hydrogens (tertiary/aromatic N) is 6. The van der Waals surface area contributed by atoms with Crippen molar-refractivity contribution >= 4 is 0 Å². The molecule has 5 aromatic carbocycles. The molecule has 0 saturated heterocycles. The summed E-state index contributed by atoms with van der Waals surface area (Å²) in [5.41, 5.74) is 14.6. The van der Waals surface area contributed by atoms with E-state index >= 15 is 0 Å². The quantitative estimate of drug-likeness (QED) is 0.144. The number of benzene rings is 5. The summed E-state index contributed by atoms with van der Waals surface area (Å²) in [6.07, 6.45) is 10.8. The molecule has 7 rings (SSSR count). The van der Waals surface area contributed by atoms with E-state index in [0.29, 0.717) is 11.1 Å². The van der Waals surface area contributed by atoms with Crippen LogP contribution in [0.25, 0.3) is 34.2 Å². The van der Waals surface area contributed by atoms with Crippen LogP contribution in [0.3, 0.4) is 0 Å². The molecular formula is C46H40N6. The van der Waals surface area contributed by atoms with Gasteiger partial charge in [-0.05, 0) is 110 Å². The van der Waals surface area contributed by atoms with E-state index in [1.807, 2.05) is 36.9 Å². The van der Waals surface area contributed by atoms with Gasteiger partial charge in [0.15, 0.2) is 0 Å². The molecule has 0 atom stereocenters. The first-order chi connectivity index (χ1) is 25.3. The summed E-state index contributed by atoms with van der Waals surface area (Å²) in [7, 11) is 0. The Balaban J connectivity index is 1.04. The Morgan fingerprint density at radius 2 is 0.904 bits per heavy atom. The van der Waals surface area contributed by atoms with E-state index in [4.69, 9.17) is 0 Å². The molecule has 0 amide bonds. The Bertz CT molecular complexity index is 2290. The largest absolute Gasteiger partial charge is 0.299 e. The summed E-state index contributed by atoms with van der Waals surface area (Å²) < 4.78 is 4.23. The van der Waals surface area contributed by atoms with Crippen LogP contribution >= 0.6 is 0 Å². The number of nitriles is 2. The van der Waals surface area contributed by atoms with Crippen molar-refractivity contribution in [1.82, 2.24) is 19.1 Å². The van der Waals surface area contributed by atoms with Gasteiger partial charge in [-0.1, -0.05) is 84.9 Å². The first-order valence-electron chi connectivity index (χ1n) is 17.7. The Kier molecular flexibility index (Phi) is 9.65. The molecular weight excluding hydrogens is 637 g/mol. The zero-order valence-electron chi connectivity index (χ0n) is 30.1. The molecule has 0 spiro atoms. The van der Waals surface area contributed by atoms with Gasteiger partial charge in [-0.25, -0.2) is 9.97 Å². The summed E-state index contributed by atoms with van der Waals surface area (Å²) in [6.45, 7) is 8.43. The summed E-state index contributed by atoms with van der Waals surface area (Å²) in [6, 6.07) is 38.3. The SMILES string of the molecule is Cc1cccc(C)c1-n1ccnc1-c1ccc(CCc2cccc(CCc3ccc(-c4nccn4-c4c(C)cccc4C)cc3C#N)c2)c(C#N)c1. The number of hydrogen-bond acceptors (Lipinski definition) is 4. The molecule has 0 fully saturated rings. The van der Waals surface area contributed by atoms with Gasteiger partial charge in [0.2, 0.25) is 0 Å². The zero-order chi connectivity index (χ0) is 36.2. The molecule has 2 aromatic heterocycles.